The summed E-state index contributed by atoms with van der Waals surface area (Å²) in [5.74, 6) is 0. The van der Waals surface area contributed by atoms with E-state index in [9.17, 15) is 30.0 Å². The Labute approximate surface area is 191 Å². The predicted octanol–water partition coefficient (Wildman–Crippen LogP) is 4.68. The molecule has 0 heterocycles. The normalized spacial score (nSPS) is 12.6. The van der Waals surface area contributed by atoms with Crippen LogP contribution in [0.1, 0.15) is 22.3 Å². The second-order valence-electron chi connectivity index (χ2n) is 7.59. The molecule has 0 unspecified atom stereocenters. The quantitative estimate of drug-likeness (QED) is 0.514. The van der Waals surface area contributed by atoms with Gasteiger partial charge < -0.3 is 0 Å². The fraction of sp³-hybridized carbons (Fsp3) is 0.217. The maximum Gasteiger partial charge on any atom is 0.416 e. The van der Waals surface area contributed by atoms with Gasteiger partial charge in [-0.15, -0.1) is 0 Å². The molecule has 10 heteroatoms. The summed E-state index contributed by atoms with van der Waals surface area (Å²) in [5, 5.41) is 0. The Bertz CT molecular complexity index is 1370. The highest BCUT2D eigenvalue weighted by molar-refractivity contribution is 7.91. The summed E-state index contributed by atoms with van der Waals surface area (Å²) >= 11 is 0. The lowest BCUT2D eigenvalue weighted by Gasteiger charge is -2.13. The molecule has 5 nitrogen and oxygen atoms in total. The van der Waals surface area contributed by atoms with Crippen LogP contribution in [0.25, 0.3) is 0 Å². The molecule has 3 aromatic rings. The molecule has 1 N–H and O–H groups in total. The first-order valence-corrected chi connectivity index (χ1v) is 12.9. The predicted molar refractivity (Wildman–Crippen MR) is 118 cm³/mol. The zero-order chi connectivity index (χ0) is 24.4. The number of aryl methyl sites for hydroxylation is 2. The summed E-state index contributed by atoms with van der Waals surface area (Å²) in [4.78, 5) is -0.340. The molecule has 0 atom stereocenters. The van der Waals surface area contributed by atoms with E-state index in [-0.39, 0.29) is 27.7 Å². The van der Waals surface area contributed by atoms with Gasteiger partial charge in [-0.3, -0.25) is 0 Å². The minimum absolute atomic E-state index is 0.0313. The number of sulfone groups is 1. The van der Waals surface area contributed by atoms with E-state index in [0.29, 0.717) is 11.1 Å². The second kappa shape index (κ2) is 9.28. The van der Waals surface area contributed by atoms with E-state index >= 15 is 0 Å². The molecular weight excluding hydrogens is 475 g/mol. The topological polar surface area (TPSA) is 80.3 Å². The lowest BCUT2D eigenvalue weighted by atomic mass is 10.1. The zero-order valence-corrected chi connectivity index (χ0v) is 19.5. The van der Waals surface area contributed by atoms with Crippen LogP contribution in [0.5, 0.6) is 0 Å². The Balaban J connectivity index is 1.82. The first-order chi connectivity index (χ1) is 15.3. The molecule has 0 aliphatic rings. The summed E-state index contributed by atoms with van der Waals surface area (Å²) < 4.78 is 92.5. The molecule has 0 fully saturated rings. The van der Waals surface area contributed by atoms with E-state index < -0.39 is 31.6 Å². The lowest BCUT2D eigenvalue weighted by molar-refractivity contribution is -0.137. The molecule has 0 aromatic heterocycles. The first-order valence-electron chi connectivity index (χ1n) is 9.89. The zero-order valence-electron chi connectivity index (χ0n) is 17.8. The monoisotopic (exact) mass is 497 g/mol. The number of sulfonamides is 1. The van der Waals surface area contributed by atoms with Crippen molar-refractivity contribution in [1.29, 1.82) is 0 Å². The van der Waals surface area contributed by atoms with Gasteiger partial charge in [0.15, 0.2) is 0 Å². The van der Waals surface area contributed by atoms with E-state index in [1.165, 1.54) is 43.3 Å². The lowest BCUT2D eigenvalue weighted by Crippen LogP contribution is -2.27. The average molecular weight is 498 g/mol. The smallest absolute Gasteiger partial charge is 0.219 e. The standard InChI is InChI=1S/C23H22F3NO4S2/c1-16-6-9-20(10-7-16)32(28,29)21-11-8-17(2)22(15-21)33(30,31)27-13-12-18-4-3-5-19(14-18)23(24,25)26/h3-11,14-15,27H,12-13H2,1-2H3. The molecule has 0 amide bonds. The van der Waals surface area contributed by atoms with Gasteiger partial charge in [-0.1, -0.05) is 42.0 Å². The molecule has 0 saturated carbocycles. The Morgan fingerprint density at radius 1 is 0.818 bits per heavy atom. The van der Waals surface area contributed by atoms with Gasteiger partial charge in [-0.25, -0.2) is 21.6 Å². The molecule has 3 rings (SSSR count). The number of alkyl halides is 3. The highest BCUT2D eigenvalue weighted by Crippen LogP contribution is 2.30. The van der Waals surface area contributed by atoms with E-state index in [1.54, 1.807) is 12.1 Å². The molecule has 33 heavy (non-hydrogen) atoms. The summed E-state index contributed by atoms with van der Waals surface area (Å²) in [6, 6.07) is 14.7. The van der Waals surface area contributed by atoms with Crippen LogP contribution in [0, 0.1) is 13.8 Å². The Morgan fingerprint density at radius 2 is 1.45 bits per heavy atom. The average Bonchev–Trinajstić information content (AvgIpc) is 2.73. The first kappa shape index (κ1) is 24.9. The van der Waals surface area contributed by atoms with Gasteiger partial charge in [0.05, 0.1) is 20.2 Å². The number of hydrogen-bond donors (Lipinski definition) is 1. The fourth-order valence-corrected chi connectivity index (χ4v) is 5.86. The maximum atomic E-state index is 12.9. The number of hydrogen-bond acceptors (Lipinski definition) is 4. The Morgan fingerprint density at radius 3 is 2.09 bits per heavy atom. The molecule has 0 spiro atoms. The van der Waals surface area contributed by atoms with Crippen LogP contribution in [0.3, 0.4) is 0 Å². The second-order valence-corrected chi connectivity index (χ2v) is 11.3. The minimum Gasteiger partial charge on any atom is -0.219 e. The summed E-state index contributed by atoms with van der Waals surface area (Å²) in [6.07, 6.45) is -4.46. The summed E-state index contributed by atoms with van der Waals surface area (Å²) in [6.45, 7) is 3.19. The van der Waals surface area contributed by atoms with Gasteiger partial charge in [0, 0.05) is 6.54 Å². The van der Waals surface area contributed by atoms with E-state index in [1.807, 2.05) is 6.92 Å². The SMILES string of the molecule is Cc1ccc(S(=O)(=O)c2ccc(C)c(S(=O)(=O)NCCc3cccc(C(F)(F)F)c3)c2)cc1. The van der Waals surface area contributed by atoms with Crippen LogP contribution < -0.4 is 4.72 Å². The molecular formula is C23H22F3NO4S2. The van der Waals surface area contributed by atoms with Crippen LogP contribution in [0.4, 0.5) is 13.2 Å². The minimum atomic E-state index is -4.49. The third kappa shape index (κ3) is 5.82. The fourth-order valence-electron chi connectivity index (χ4n) is 3.20. The summed E-state index contributed by atoms with van der Waals surface area (Å²) in [5.41, 5.74) is 0.725. The Kier molecular flexibility index (Phi) is 7.01. The van der Waals surface area contributed by atoms with E-state index in [2.05, 4.69) is 4.72 Å². The van der Waals surface area contributed by atoms with Crippen molar-refractivity contribution in [2.45, 2.75) is 41.1 Å². The van der Waals surface area contributed by atoms with E-state index in [4.69, 9.17) is 0 Å². The van der Waals surface area contributed by atoms with Crippen LogP contribution in [0.15, 0.2) is 81.4 Å². The highest BCUT2D eigenvalue weighted by atomic mass is 32.2. The number of rotatable bonds is 7. The van der Waals surface area contributed by atoms with Gasteiger partial charge in [-0.05, 0) is 61.7 Å². The van der Waals surface area contributed by atoms with Crippen molar-refractivity contribution in [2.75, 3.05) is 6.54 Å². The van der Waals surface area contributed by atoms with Gasteiger partial charge >= 0.3 is 6.18 Å². The van der Waals surface area contributed by atoms with Gasteiger partial charge in [-0.2, -0.15) is 13.2 Å². The van der Waals surface area contributed by atoms with Crippen molar-refractivity contribution in [3.8, 4) is 0 Å². The van der Waals surface area contributed by atoms with Gasteiger partial charge in [0.25, 0.3) is 0 Å². The third-order valence-corrected chi connectivity index (χ3v) is 8.42. The molecule has 0 radical (unpaired) electrons. The molecule has 0 bridgehead atoms. The molecule has 3 aromatic carbocycles. The third-order valence-electron chi connectivity index (χ3n) is 5.05. The highest BCUT2D eigenvalue weighted by Gasteiger charge is 2.30. The summed E-state index contributed by atoms with van der Waals surface area (Å²) in [7, 11) is -8.04. The molecule has 0 aliphatic heterocycles. The largest absolute Gasteiger partial charge is 0.416 e. The van der Waals surface area contributed by atoms with Gasteiger partial charge in [0.2, 0.25) is 19.9 Å². The van der Waals surface area contributed by atoms with Crippen LogP contribution in [0.2, 0.25) is 0 Å². The van der Waals surface area contributed by atoms with Crippen LogP contribution >= 0.6 is 0 Å². The molecule has 0 saturated heterocycles. The van der Waals surface area contributed by atoms with Crippen molar-refractivity contribution in [2.24, 2.45) is 0 Å². The van der Waals surface area contributed by atoms with Crippen molar-refractivity contribution in [3.05, 3.63) is 89.0 Å². The van der Waals surface area contributed by atoms with Crippen molar-refractivity contribution < 1.29 is 30.0 Å². The Hall–Kier alpha value is -2.69. The van der Waals surface area contributed by atoms with Crippen LogP contribution in [-0.4, -0.2) is 23.4 Å². The molecule has 0 aliphatic carbocycles. The van der Waals surface area contributed by atoms with Crippen molar-refractivity contribution in [1.82, 2.24) is 4.72 Å². The molecule has 176 valence electrons. The number of halogens is 3. The van der Waals surface area contributed by atoms with Crippen molar-refractivity contribution >= 4 is 19.9 Å². The van der Waals surface area contributed by atoms with E-state index in [0.717, 1.165) is 23.8 Å². The number of nitrogens with one attached hydrogen (secondary N) is 1. The number of benzene rings is 3. The maximum absolute atomic E-state index is 12.9. The van der Waals surface area contributed by atoms with Crippen LogP contribution in [-0.2, 0) is 32.5 Å². The van der Waals surface area contributed by atoms with Crippen molar-refractivity contribution in [3.63, 3.8) is 0 Å². The van der Waals surface area contributed by atoms with Gasteiger partial charge in [0.1, 0.15) is 0 Å².